The van der Waals surface area contributed by atoms with Crippen molar-refractivity contribution in [1.29, 1.82) is 0 Å². The lowest BCUT2D eigenvalue weighted by Crippen LogP contribution is -2.04. The second-order valence-electron chi connectivity index (χ2n) is 3.48. The number of carbonyl (C=O) groups is 1. The third-order valence-corrected chi connectivity index (χ3v) is 3.14. The highest BCUT2D eigenvalue weighted by Crippen LogP contribution is 2.27. The summed E-state index contributed by atoms with van der Waals surface area (Å²) in [5, 5.41) is 1.97. The zero-order valence-corrected chi connectivity index (χ0v) is 10.3. The summed E-state index contributed by atoms with van der Waals surface area (Å²) in [6.45, 7) is 0. The van der Waals surface area contributed by atoms with E-state index in [1.807, 2.05) is 0 Å². The number of halogens is 2. The van der Waals surface area contributed by atoms with Crippen LogP contribution in [0, 0.1) is 11.6 Å². The number of hydrogen-bond acceptors (Lipinski definition) is 4. The Kier molecular flexibility index (Phi) is 3.66. The van der Waals surface area contributed by atoms with Gasteiger partial charge in [0, 0.05) is 5.38 Å². The van der Waals surface area contributed by atoms with E-state index in [9.17, 15) is 13.6 Å². The van der Waals surface area contributed by atoms with Gasteiger partial charge in [-0.3, -0.25) is 4.79 Å². The summed E-state index contributed by atoms with van der Waals surface area (Å²) in [7, 11) is 1.27. The normalized spacial score (nSPS) is 10.4. The number of hydrogen-bond donors (Lipinski definition) is 0. The number of esters is 1. The summed E-state index contributed by atoms with van der Waals surface area (Å²) >= 11 is 1.16. The van der Waals surface area contributed by atoms with E-state index in [1.165, 1.54) is 18.6 Å². The molecule has 0 unspecified atom stereocenters. The fraction of sp³-hybridized carbons (Fsp3) is 0.167. The molecule has 0 fully saturated rings. The van der Waals surface area contributed by atoms with Crippen LogP contribution in [0.4, 0.5) is 8.78 Å². The molecule has 94 valence electrons. The Hall–Kier alpha value is -1.82. The first-order valence-electron chi connectivity index (χ1n) is 5.07. The molecule has 0 saturated carbocycles. The predicted octanol–water partition coefficient (Wildman–Crippen LogP) is 2.80. The maximum atomic E-state index is 13.5. The average Bonchev–Trinajstić information content (AvgIpc) is 2.77. The van der Waals surface area contributed by atoms with Gasteiger partial charge in [-0.05, 0) is 12.1 Å². The second-order valence-corrected chi connectivity index (χ2v) is 4.42. The van der Waals surface area contributed by atoms with E-state index in [2.05, 4.69) is 9.72 Å². The van der Waals surface area contributed by atoms with E-state index >= 15 is 0 Å². The molecule has 0 aliphatic carbocycles. The standard InChI is InChI=1S/C12H9F2NO2S/c1-17-11(16)5-10-15-9(6-18-10)12-7(13)3-2-4-8(12)14/h2-4,6H,5H2,1H3. The molecule has 0 aliphatic heterocycles. The maximum Gasteiger partial charge on any atom is 0.312 e. The van der Waals surface area contributed by atoms with Gasteiger partial charge in [-0.1, -0.05) is 6.07 Å². The van der Waals surface area contributed by atoms with Crippen LogP contribution in [-0.2, 0) is 16.0 Å². The van der Waals surface area contributed by atoms with Crippen molar-refractivity contribution in [2.45, 2.75) is 6.42 Å². The minimum atomic E-state index is -0.676. The molecule has 6 heteroatoms. The third-order valence-electron chi connectivity index (χ3n) is 2.29. The molecule has 2 rings (SSSR count). The Bertz CT molecular complexity index is 563. The fourth-order valence-corrected chi connectivity index (χ4v) is 2.22. The second kappa shape index (κ2) is 5.22. The van der Waals surface area contributed by atoms with Crippen molar-refractivity contribution >= 4 is 17.3 Å². The summed E-state index contributed by atoms with van der Waals surface area (Å²) < 4.78 is 31.5. The smallest absolute Gasteiger partial charge is 0.312 e. The van der Waals surface area contributed by atoms with E-state index in [0.717, 1.165) is 23.5 Å². The van der Waals surface area contributed by atoms with Gasteiger partial charge in [0.2, 0.25) is 0 Å². The first-order valence-corrected chi connectivity index (χ1v) is 5.95. The molecule has 1 aromatic carbocycles. The van der Waals surface area contributed by atoms with Gasteiger partial charge in [0.05, 0.1) is 24.8 Å². The van der Waals surface area contributed by atoms with Crippen molar-refractivity contribution in [2.24, 2.45) is 0 Å². The average molecular weight is 269 g/mol. The van der Waals surface area contributed by atoms with Gasteiger partial charge in [-0.15, -0.1) is 11.3 Å². The zero-order chi connectivity index (χ0) is 13.1. The molecule has 0 saturated heterocycles. The lowest BCUT2D eigenvalue weighted by Gasteiger charge is -2.00. The van der Waals surface area contributed by atoms with Crippen LogP contribution in [0.5, 0.6) is 0 Å². The van der Waals surface area contributed by atoms with E-state index in [4.69, 9.17) is 0 Å². The van der Waals surface area contributed by atoms with Crippen molar-refractivity contribution in [2.75, 3.05) is 7.11 Å². The SMILES string of the molecule is COC(=O)Cc1nc(-c2c(F)cccc2F)cs1. The zero-order valence-electron chi connectivity index (χ0n) is 9.44. The number of aromatic nitrogens is 1. The van der Waals surface area contributed by atoms with Crippen LogP contribution in [0.25, 0.3) is 11.3 Å². The molecule has 0 bridgehead atoms. The number of methoxy groups -OCH3 is 1. The van der Waals surface area contributed by atoms with Gasteiger partial charge >= 0.3 is 5.97 Å². The van der Waals surface area contributed by atoms with Gasteiger partial charge in [0.25, 0.3) is 0 Å². The van der Waals surface area contributed by atoms with E-state index < -0.39 is 17.6 Å². The lowest BCUT2D eigenvalue weighted by molar-refractivity contribution is -0.139. The Morgan fingerprint density at radius 1 is 1.39 bits per heavy atom. The summed E-state index contributed by atoms with van der Waals surface area (Å²) in [4.78, 5) is 15.1. The molecule has 0 N–H and O–H groups in total. The Morgan fingerprint density at radius 2 is 2.06 bits per heavy atom. The third kappa shape index (κ3) is 2.53. The number of nitrogens with zero attached hydrogens (tertiary/aromatic N) is 1. The molecule has 0 amide bonds. The first-order chi connectivity index (χ1) is 8.61. The monoisotopic (exact) mass is 269 g/mol. The molecule has 3 nitrogen and oxygen atoms in total. The van der Waals surface area contributed by atoms with Crippen molar-refractivity contribution in [1.82, 2.24) is 4.98 Å². The van der Waals surface area contributed by atoms with Crippen LogP contribution in [0.1, 0.15) is 5.01 Å². The van der Waals surface area contributed by atoms with Crippen molar-refractivity contribution in [3.8, 4) is 11.3 Å². The fourth-order valence-electron chi connectivity index (χ4n) is 1.45. The molecule has 2 aromatic rings. The highest BCUT2D eigenvalue weighted by Gasteiger charge is 2.15. The molecule has 0 aliphatic rings. The highest BCUT2D eigenvalue weighted by atomic mass is 32.1. The van der Waals surface area contributed by atoms with Gasteiger partial charge in [0.15, 0.2) is 0 Å². The van der Waals surface area contributed by atoms with Crippen LogP contribution in [0.3, 0.4) is 0 Å². The first kappa shape index (κ1) is 12.6. The van der Waals surface area contributed by atoms with Crippen LogP contribution >= 0.6 is 11.3 Å². The number of thiazole rings is 1. The minimum absolute atomic E-state index is 0.00274. The van der Waals surface area contributed by atoms with Gasteiger partial charge < -0.3 is 4.74 Å². The summed E-state index contributed by atoms with van der Waals surface area (Å²) in [5.41, 5.74) is 0.0133. The summed E-state index contributed by atoms with van der Waals surface area (Å²) in [6, 6.07) is 3.62. The van der Waals surface area contributed by atoms with Crippen LogP contribution < -0.4 is 0 Å². The van der Waals surface area contributed by atoms with E-state index in [-0.39, 0.29) is 17.7 Å². The van der Waals surface area contributed by atoms with Crippen molar-refractivity contribution < 1.29 is 18.3 Å². The lowest BCUT2D eigenvalue weighted by atomic mass is 10.1. The quantitative estimate of drug-likeness (QED) is 0.804. The molecule has 1 aromatic heterocycles. The number of carbonyl (C=O) groups excluding carboxylic acids is 1. The predicted molar refractivity (Wildman–Crippen MR) is 63.2 cm³/mol. The highest BCUT2D eigenvalue weighted by molar-refractivity contribution is 7.10. The molecule has 18 heavy (non-hydrogen) atoms. The molecular weight excluding hydrogens is 260 g/mol. The van der Waals surface area contributed by atoms with E-state index in [0.29, 0.717) is 5.01 Å². The number of rotatable bonds is 3. The van der Waals surface area contributed by atoms with Crippen LogP contribution in [-0.4, -0.2) is 18.1 Å². The van der Waals surface area contributed by atoms with Gasteiger partial charge in [-0.2, -0.15) is 0 Å². The Labute approximate surface area is 106 Å². The van der Waals surface area contributed by atoms with Crippen LogP contribution in [0.15, 0.2) is 23.6 Å². The molecule has 1 heterocycles. The van der Waals surface area contributed by atoms with Gasteiger partial charge in [0.1, 0.15) is 16.6 Å². The van der Waals surface area contributed by atoms with Gasteiger partial charge in [-0.25, -0.2) is 13.8 Å². The molecule has 0 atom stereocenters. The number of ether oxygens (including phenoxy) is 1. The maximum absolute atomic E-state index is 13.5. The van der Waals surface area contributed by atoms with E-state index in [1.54, 1.807) is 0 Å². The number of benzene rings is 1. The summed E-state index contributed by atoms with van der Waals surface area (Å²) in [6.07, 6.45) is -0.00274. The van der Waals surface area contributed by atoms with Crippen molar-refractivity contribution in [3.05, 3.63) is 40.2 Å². The Balaban J connectivity index is 2.32. The largest absolute Gasteiger partial charge is 0.469 e. The Morgan fingerprint density at radius 3 is 2.67 bits per heavy atom. The molecule has 0 radical (unpaired) electrons. The topological polar surface area (TPSA) is 39.2 Å². The minimum Gasteiger partial charge on any atom is -0.469 e. The molecule has 0 spiro atoms. The summed E-state index contributed by atoms with van der Waals surface area (Å²) in [5.74, 6) is -1.79. The molecular formula is C12H9F2NO2S. The van der Waals surface area contributed by atoms with Crippen molar-refractivity contribution in [3.63, 3.8) is 0 Å². The van der Waals surface area contributed by atoms with Crippen LogP contribution in [0.2, 0.25) is 0 Å².